The number of carbonyl (C=O) groups excluding carboxylic acids is 3. The highest BCUT2D eigenvalue weighted by molar-refractivity contribution is 6.22. The number of primary amides is 1. The number of hydrogen-bond donors (Lipinski definition) is 5. The molecule has 2 aromatic carbocycles. The summed E-state index contributed by atoms with van der Waals surface area (Å²) in [7, 11) is 3.87. The Kier molecular flexibility index (Phi) is 7.13. The van der Waals surface area contributed by atoms with Crippen LogP contribution in [-0.2, 0) is 20.8 Å². The predicted molar refractivity (Wildman–Crippen MR) is 165 cm³/mol. The summed E-state index contributed by atoms with van der Waals surface area (Å²) in [5.74, 6) is -0.343. The van der Waals surface area contributed by atoms with Gasteiger partial charge in [0.25, 0.3) is 5.91 Å². The predicted octanol–water partition coefficient (Wildman–Crippen LogP) is 4.01. The van der Waals surface area contributed by atoms with Gasteiger partial charge >= 0.3 is 0 Å². The monoisotopic (exact) mass is 594 g/mol. The number of carbonyl (C=O) groups is 3. The van der Waals surface area contributed by atoms with E-state index in [1.807, 2.05) is 43.3 Å². The van der Waals surface area contributed by atoms with Crippen molar-refractivity contribution in [2.45, 2.75) is 50.5 Å². The van der Waals surface area contributed by atoms with E-state index in [2.05, 4.69) is 17.9 Å². The zero-order valence-electron chi connectivity index (χ0n) is 24.6. The molecule has 1 fully saturated rings. The molecule has 0 aliphatic heterocycles. The van der Waals surface area contributed by atoms with Crippen LogP contribution in [-0.4, -0.2) is 57.6 Å². The maximum absolute atomic E-state index is 14.0. The Morgan fingerprint density at radius 2 is 1.77 bits per heavy atom. The van der Waals surface area contributed by atoms with Crippen LogP contribution in [0, 0.1) is 23.7 Å². The zero-order chi connectivity index (χ0) is 31.5. The van der Waals surface area contributed by atoms with Crippen molar-refractivity contribution >= 4 is 28.9 Å². The van der Waals surface area contributed by atoms with Crippen molar-refractivity contribution in [2.24, 2.45) is 17.6 Å². The number of benzene rings is 2. The van der Waals surface area contributed by atoms with Crippen LogP contribution in [0.15, 0.2) is 58.9 Å². The standard InChI is InChI=1S/C35H34N2O7/c1-37(2)23-12-10-19(11-13-23)24-15-20(9-8-18-6-4-3-5-7-18)30(39)28-25(24)16-21-14-22-17-26(38)29(34(36)43)33(42)35(22,44)32(41)27(21)31(28)40/h6,10-13,15,21-22,39-40,42,44H,3-5,7,14,16-17H2,1-2H3,(H2,36,43)/t21-,22+,35+/m1/s1. The molecule has 4 aliphatic rings. The summed E-state index contributed by atoms with van der Waals surface area (Å²) >= 11 is 0. The van der Waals surface area contributed by atoms with E-state index in [9.17, 15) is 34.8 Å². The summed E-state index contributed by atoms with van der Waals surface area (Å²) in [5.41, 5.74) is 6.12. The number of rotatable bonds is 3. The van der Waals surface area contributed by atoms with Crippen LogP contribution in [0.4, 0.5) is 5.69 Å². The van der Waals surface area contributed by atoms with E-state index in [4.69, 9.17) is 5.73 Å². The third-order valence-electron chi connectivity index (χ3n) is 9.41. The summed E-state index contributed by atoms with van der Waals surface area (Å²) in [6, 6.07) is 9.60. The van der Waals surface area contributed by atoms with Crippen molar-refractivity contribution in [2.75, 3.05) is 19.0 Å². The fourth-order valence-corrected chi connectivity index (χ4v) is 7.08. The molecule has 0 saturated heterocycles. The molecule has 0 spiro atoms. The molecule has 0 radical (unpaired) electrons. The van der Waals surface area contributed by atoms with Crippen LogP contribution in [0.25, 0.3) is 16.9 Å². The Balaban J connectivity index is 1.56. The Morgan fingerprint density at radius 1 is 1.05 bits per heavy atom. The minimum absolute atomic E-state index is 0.0354. The minimum Gasteiger partial charge on any atom is -0.508 e. The first-order valence-electron chi connectivity index (χ1n) is 14.8. The number of fused-ring (bicyclic) bond motifs is 3. The number of aliphatic hydroxyl groups excluding tert-OH is 2. The van der Waals surface area contributed by atoms with Gasteiger partial charge in [0.1, 0.15) is 22.8 Å². The van der Waals surface area contributed by atoms with Crippen molar-refractivity contribution in [3.63, 3.8) is 0 Å². The molecule has 226 valence electrons. The Hall–Kier alpha value is -4.81. The molecule has 0 heterocycles. The number of amides is 1. The van der Waals surface area contributed by atoms with Gasteiger partial charge in [-0.25, -0.2) is 0 Å². The lowest BCUT2D eigenvalue weighted by Gasteiger charge is -2.46. The number of phenolic OH excluding ortho intramolecular Hbond substituents is 1. The molecule has 9 heteroatoms. The molecule has 44 heavy (non-hydrogen) atoms. The highest BCUT2D eigenvalue weighted by Gasteiger charge is 2.60. The summed E-state index contributed by atoms with van der Waals surface area (Å²) in [6.45, 7) is 0. The van der Waals surface area contributed by atoms with Crippen LogP contribution < -0.4 is 10.6 Å². The van der Waals surface area contributed by atoms with Crippen molar-refractivity contribution in [1.82, 2.24) is 0 Å². The van der Waals surface area contributed by atoms with Gasteiger partial charge in [0.2, 0.25) is 5.78 Å². The number of ketones is 2. The number of allylic oxidation sites excluding steroid dienone is 2. The van der Waals surface area contributed by atoms with E-state index in [-0.39, 0.29) is 41.7 Å². The van der Waals surface area contributed by atoms with Gasteiger partial charge in [-0.05, 0) is 84.9 Å². The fraction of sp³-hybridized carbons (Fsp3) is 0.343. The Bertz CT molecular complexity index is 1790. The van der Waals surface area contributed by atoms with E-state index in [0.717, 1.165) is 48.1 Å². The van der Waals surface area contributed by atoms with Gasteiger partial charge in [-0.3, -0.25) is 14.4 Å². The average Bonchev–Trinajstić information content (AvgIpc) is 2.99. The number of phenols is 1. The second-order valence-electron chi connectivity index (χ2n) is 12.2. The lowest BCUT2D eigenvalue weighted by atomic mass is 9.59. The highest BCUT2D eigenvalue weighted by atomic mass is 16.3. The molecule has 1 saturated carbocycles. The first kappa shape index (κ1) is 29.3. The lowest BCUT2D eigenvalue weighted by molar-refractivity contribution is -0.147. The highest BCUT2D eigenvalue weighted by Crippen LogP contribution is 2.53. The van der Waals surface area contributed by atoms with Crippen LogP contribution in [0.3, 0.4) is 0 Å². The van der Waals surface area contributed by atoms with Gasteiger partial charge in [0.05, 0.1) is 11.1 Å². The fourth-order valence-electron chi connectivity index (χ4n) is 7.08. The van der Waals surface area contributed by atoms with Crippen LogP contribution in [0.1, 0.15) is 55.2 Å². The molecular formula is C35H34N2O7. The largest absolute Gasteiger partial charge is 0.508 e. The zero-order valence-corrected chi connectivity index (χ0v) is 24.6. The molecule has 0 unspecified atom stereocenters. The molecule has 6 N–H and O–H groups in total. The van der Waals surface area contributed by atoms with Crippen molar-refractivity contribution in [1.29, 1.82) is 0 Å². The molecule has 2 aromatic rings. The minimum atomic E-state index is -2.61. The first-order valence-corrected chi connectivity index (χ1v) is 14.8. The van der Waals surface area contributed by atoms with Gasteiger partial charge in [0.15, 0.2) is 11.4 Å². The summed E-state index contributed by atoms with van der Waals surface area (Å²) < 4.78 is 0. The topological polar surface area (TPSA) is 161 Å². The van der Waals surface area contributed by atoms with Crippen LogP contribution in [0.5, 0.6) is 5.75 Å². The maximum atomic E-state index is 14.0. The number of nitrogens with zero attached hydrogens (tertiary/aromatic N) is 1. The molecule has 3 atom stereocenters. The SMILES string of the molecule is CN(C)c1ccc(-c2cc(C#CC3=CCCCC3)c(O)c3c2C[C@H]2C[C@H]4CC(=O)C(C(N)=O)=C(O)[C@@]4(O)C(=O)C2=C3O)cc1. The second-order valence-corrected chi connectivity index (χ2v) is 12.2. The Labute approximate surface area is 255 Å². The van der Waals surface area contributed by atoms with Gasteiger partial charge in [-0.15, -0.1) is 0 Å². The summed E-state index contributed by atoms with van der Waals surface area (Å²) in [5, 5.41) is 45.7. The van der Waals surface area contributed by atoms with E-state index >= 15 is 0 Å². The first-order chi connectivity index (χ1) is 20.9. The average molecular weight is 595 g/mol. The quantitative estimate of drug-likeness (QED) is 0.263. The molecule has 6 rings (SSSR count). The summed E-state index contributed by atoms with van der Waals surface area (Å²) in [4.78, 5) is 40.6. The molecule has 0 bridgehead atoms. The lowest BCUT2D eigenvalue weighted by Crippen LogP contribution is -2.58. The summed E-state index contributed by atoms with van der Waals surface area (Å²) in [6.07, 6.45) is 5.92. The van der Waals surface area contributed by atoms with Gasteiger partial charge in [0, 0.05) is 37.7 Å². The van der Waals surface area contributed by atoms with Gasteiger partial charge in [-0.2, -0.15) is 0 Å². The number of Topliss-reactive ketones (excluding diaryl/α,β-unsaturated/α-hetero) is 2. The third-order valence-corrected chi connectivity index (χ3v) is 9.41. The smallest absolute Gasteiger partial charge is 0.255 e. The van der Waals surface area contributed by atoms with Crippen molar-refractivity contribution in [3.8, 4) is 28.7 Å². The van der Waals surface area contributed by atoms with E-state index in [1.54, 1.807) is 6.07 Å². The third kappa shape index (κ3) is 4.49. The molecule has 0 aromatic heterocycles. The van der Waals surface area contributed by atoms with Crippen molar-refractivity contribution < 1.29 is 34.8 Å². The number of aromatic hydroxyl groups is 1. The molecular weight excluding hydrogens is 560 g/mol. The number of hydrogen-bond acceptors (Lipinski definition) is 8. The van der Waals surface area contributed by atoms with Gasteiger partial charge < -0.3 is 31.1 Å². The molecule has 4 aliphatic carbocycles. The maximum Gasteiger partial charge on any atom is 0.255 e. The van der Waals surface area contributed by atoms with Crippen LogP contribution in [0.2, 0.25) is 0 Å². The van der Waals surface area contributed by atoms with E-state index in [1.165, 1.54) is 0 Å². The van der Waals surface area contributed by atoms with E-state index in [0.29, 0.717) is 5.56 Å². The van der Waals surface area contributed by atoms with Crippen molar-refractivity contribution in [3.05, 3.63) is 75.6 Å². The molecule has 1 amide bonds. The Morgan fingerprint density at radius 3 is 2.41 bits per heavy atom. The second kappa shape index (κ2) is 10.7. The number of nitrogens with two attached hydrogens (primary N) is 1. The number of anilines is 1. The normalized spacial score (nSPS) is 24.5. The number of aliphatic hydroxyl groups is 3. The molecule has 9 nitrogen and oxygen atoms in total. The van der Waals surface area contributed by atoms with E-state index < -0.39 is 52.0 Å². The van der Waals surface area contributed by atoms with Crippen LogP contribution >= 0.6 is 0 Å². The van der Waals surface area contributed by atoms with Gasteiger partial charge in [-0.1, -0.05) is 30.0 Å².